The van der Waals surface area contributed by atoms with E-state index in [1.807, 2.05) is 0 Å². The third kappa shape index (κ3) is 2.64. The van der Waals surface area contributed by atoms with Crippen molar-refractivity contribution in [2.24, 2.45) is 0 Å². The zero-order valence-corrected chi connectivity index (χ0v) is 11.2. The summed E-state index contributed by atoms with van der Waals surface area (Å²) in [4.78, 5) is 0. The molecular weight excluding hydrogens is 268 g/mol. The summed E-state index contributed by atoms with van der Waals surface area (Å²) in [5.74, 6) is -1.15. The molecule has 1 saturated carbocycles. The number of halogens is 2. The molecular formula is C13H13F2N3S. The standard InChI is InChI=1S/C13H13F2N3S/c1-7-2-5-9(14)11(12(7)15)13-18-17-10(19-13)6-16-8-3-4-8/h2,5,8,16H,3-4,6H2,1H3. The lowest BCUT2D eigenvalue weighted by molar-refractivity contribution is 0.583. The van der Waals surface area contributed by atoms with Gasteiger partial charge in [-0.15, -0.1) is 10.2 Å². The van der Waals surface area contributed by atoms with Crippen LogP contribution in [0.4, 0.5) is 8.78 Å². The van der Waals surface area contributed by atoms with Gasteiger partial charge in [0.2, 0.25) is 0 Å². The molecule has 1 heterocycles. The van der Waals surface area contributed by atoms with Gasteiger partial charge in [-0.1, -0.05) is 17.4 Å². The van der Waals surface area contributed by atoms with Gasteiger partial charge in [-0.25, -0.2) is 8.78 Å². The molecule has 1 aromatic heterocycles. The van der Waals surface area contributed by atoms with Crippen LogP contribution in [0.25, 0.3) is 10.6 Å². The summed E-state index contributed by atoms with van der Waals surface area (Å²) in [7, 11) is 0. The van der Waals surface area contributed by atoms with Crippen molar-refractivity contribution >= 4 is 11.3 Å². The van der Waals surface area contributed by atoms with E-state index in [-0.39, 0.29) is 5.56 Å². The molecule has 0 spiro atoms. The highest BCUT2D eigenvalue weighted by Gasteiger charge is 2.22. The highest BCUT2D eigenvalue weighted by Crippen LogP contribution is 2.30. The Kier molecular flexibility index (Phi) is 3.28. The van der Waals surface area contributed by atoms with E-state index in [9.17, 15) is 8.78 Å². The Hall–Kier alpha value is -1.40. The Morgan fingerprint density at radius 3 is 2.84 bits per heavy atom. The van der Waals surface area contributed by atoms with E-state index < -0.39 is 11.6 Å². The molecule has 3 nitrogen and oxygen atoms in total. The van der Waals surface area contributed by atoms with Crippen molar-refractivity contribution < 1.29 is 8.78 Å². The zero-order chi connectivity index (χ0) is 13.4. The van der Waals surface area contributed by atoms with Crippen molar-refractivity contribution in [2.75, 3.05) is 0 Å². The van der Waals surface area contributed by atoms with Gasteiger partial charge in [0.25, 0.3) is 0 Å². The summed E-state index contributed by atoms with van der Waals surface area (Å²) >= 11 is 1.23. The van der Waals surface area contributed by atoms with E-state index in [0.29, 0.717) is 23.2 Å². The van der Waals surface area contributed by atoms with E-state index in [1.54, 1.807) is 6.92 Å². The molecule has 3 rings (SSSR count). The molecule has 0 bridgehead atoms. The minimum absolute atomic E-state index is 0.0739. The summed E-state index contributed by atoms with van der Waals surface area (Å²) in [6.07, 6.45) is 2.37. The lowest BCUT2D eigenvalue weighted by atomic mass is 10.1. The molecule has 1 fully saturated rings. The van der Waals surface area contributed by atoms with Crippen LogP contribution in [-0.4, -0.2) is 16.2 Å². The third-order valence-electron chi connectivity index (χ3n) is 3.08. The number of aromatic nitrogens is 2. The average Bonchev–Trinajstić information content (AvgIpc) is 3.11. The van der Waals surface area contributed by atoms with Crippen molar-refractivity contribution in [3.8, 4) is 10.6 Å². The van der Waals surface area contributed by atoms with Crippen LogP contribution in [0, 0.1) is 18.6 Å². The molecule has 0 amide bonds. The molecule has 19 heavy (non-hydrogen) atoms. The molecule has 1 aromatic carbocycles. The van der Waals surface area contributed by atoms with E-state index in [2.05, 4.69) is 15.5 Å². The first kappa shape index (κ1) is 12.6. The molecule has 0 aliphatic heterocycles. The fraction of sp³-hybridized carbons (Fsp3) is 0.385. The van der Waals surface area contributed by atoms with Gasteiger partial charge >= 0.3 is 0 Å². The number of benzene rings is 1. The van der Waals surface area contributed by atoms with Gasteiger partial charge in [0.15, 0.2) is 5.01 Å². The van der Waals surface area contributed by atoms with Gasteiger partial charge in [-0.2, -0.15) is 0 Å². The Labute approximate surface area is 113 Å². The summed E-state index contributed by atoms with van der Waals surface area (Å²) in [6.45, 7) is 2.21. The Balaban J connectivity index is 1.87. The van der Waals surface area contributed by atoms with Gasteiger partial charge in [0, 0.05) is 12.6 Å². The van der Waals surface area contributed by atoms with Crippen LogP contribution in [-0.2, 0) is 6.54 Å². The first-order valence-electron chi connectivity index (χ1n) is 6.16. The number of rotatable bonds is 4. The van der Waals surface area contributed by atoms with Crippen molar-refractivity contribution in [2.45, 2.75) is 32.4 Å². The molecule has 2 aromatic rings. The number of nitrogens with one attached hydrogen (secondary N) is 1. The van der Waals surface area contributed by atoms with Crippen LogP contribution in [0.5, 0.6) is 0 Å². The zero-order valence-electron chi connectivity index (χ0n) is 10.4. The molecule has 0 unspecified atom stereocenters. The van der Waals surface area contributed by atoms with Crippen LogP contribution in [0.3, 0.4) is 0 Å². The number of aryl methyl sites for hydroxylation is 1. The first-order valence-corrected chi connectivity index (χ1v) is 6.97. The topological polar surface area (TPSA) is 37.8 Å². The Bertz CT molecular complexity index is 608. The second-order valence-electron chi connectivity index (χ2n) is 4.71. The second kappa shape index (κ2) is 4.94. The van der Waals surface area contributed by atoms with Gasteiger partial charge in [0.05, 0.1) is 5.56 Å². The lowest BCUT2D eigenvalue weighted by Crippen LogP contribution is -2.14. The summed E-state index contributed by atoms with van der Waals surface area (Å²) in [5, 5.41) is 12.2. The third-order valence-corrected chi connectivity index (χ3v) is 4.02. The highest BCUT2D eigenvalue weighted by atomic mass is 32.1. The van der Waals surface area contributed by atoms with E-state index >= 15 is 0 Å². The van der Waals surface area contributed by atoms with Gasteiger partial charge in [-0.05, 0) is 31.4 Å². The van der Waals surface area contributed by atoms with Crippen LogP contribution < -0.4 is 5.32 Å². The van der Waals surface area contributed by atoms with Crippen molar-refractivity contribution in [1.29, 1.82) is 0 Å². The molecule has 0 atom stereocenters. The fourth-order valence-electron chi connectivity index (χ4n) is 1.80. The predicted octanol–water partition coefficient (Wildman–Crippen LogP) is 3.04. The van der Waals surface area contributed by atoms with Crippen molar-refractivity contribution in [3.63, 3.8) is 0 Å². The fourth-order valence-corrected chi connectivity index (χ4v) is 2.63. The SMILES string of the molecule is Cc1ccc(F)c(-c2nnc(CNC3CC3)s2)c1F. The minimum Gasteiger partial charge on any atom is -0.308 e. The summed E-state index contributed by atoms with van der Waals surface area (Å²) < 4.78 is 27.7. The van der Waals surface area contributed by atoms with Gasteiger partial charge < -0.3 is 5.32 Å². The summed E-state index contributed by atoms with van der Waals surface area (Å²) in [6, 6.07) is 3.25. The molecule has 0 radical (unpaired) electrons. The quantitative estimate of drug-likeness (QED) is 0.936. The van der Waals surface area contributed by atoms with Crippen molar-refractivity contribution in [3.05, 3.63) is 34.3 Å². The number of nitrogens with zero attached hydrogens (tertiary/aromatic N) is 2. The van der Waals surface area contributed by atoms with E-state index in [4.69, 9.17) is 0 Å². The maximum Gasteiger partial charge on any atom is 0.153 e. The maximum absolute atomic E-state index is 14.0. The van der Waals surface area contributed by atoms with Crippen LogP contribution in [0.2, 0.25) is 0 Å². The second-order valence-corrected chi connectivity index (χ2v) is 5.77. The van der Waals surface area contributed by atoms with Crippen LogP contribution in [0.1, 0.15) is 23.4 Å². The van der Waals surface area contributed by atoms with Crippen molar-refractivity contribution in [1.82, 2.24) is 15.5 Å². The molecule has 0 saturated heterocycles. The summed E-state index contributed by atoms with van der Waals surface area (Å²) in [5.41, 5.74) is 0.333. The maximum atomic E-state index is 14.0. The lowest BCUT2D eigenvalue weighted by Gasteiger charge is -2.03. The molecule has 1 N–H and O–H groups in total. The first-order chi connectivity index (χ1) is 9.15. The molecule has 1 aliphatic rings. The molecule has 100 valence electrons. The Morgan fingerprint density at radius 1 is 1.32 bits per heavy atom. The Morgan fingerprint density at radius 2 is 2.11 bits per heavy atom. The number of hydrogen-bond acceptors (Lipinski definition) is 4. The highest BCUT2D eigenvalue weighted by molar-refractivity contribution is 7.14. The molecule has 1 aliphatic carbocycles. The predicted molar refractivity (Wildman–Crippen MR) is 69.9 cm³/mol. The number of hydrogen-bond donors (Lipinski definition) is 1. The monoisotopic (exact) mass is 281 g/mol. The molecule has 6 heteroatoms. The van der Waals surface area contributed by atoms with Gasteiger partial charge in [0.1, 0.15) is 16.6 Å². The van der Waals surface area contributed by atoms with Crippen LogP contribution in [0.15, 0.2) is 12.1 Å². The average molecular weight is 281 g/mol. The minimum atomic E-state index is -0.596. The smallest absolute Gasteiger partial charge is 0.153 e. The van der Waals surface area contributed by atoms with E-state index in [0.717, 1.165) is 5.01 Å². The normalized spacial score (nSPS) is 14.9. The largest absolute Gasteiger partial charge is 0.308 e. The van der Waals surface area contributed by atoms with E-state index in [1.165, 1.54) is 36.3 Å². The van der Waals surface area contributed by atoms with Gasteiger partial charge in [-0.3, -0.25) is 0 Å². The van der Waals surface area contributed by atoms with Crippen LogP contribution >= 0.6 is 11.3 Å².